The number of nitrogens with one attached hydrogen (secondary N) is 6. The monoisotopic (exact) mass is 202 g/mol. The average Bonchev–Trinajstić information content (AvgIpc) is 2.09. The minimum Gasteiger partial charge on any atom is -0.369 e. The summed E-state index contributed by atoms with van der Waals surface area (Å²) in [5.41, 5.74) is 17.0. The van der Waals surface area contributed by atoms with E-state index in [9.17, 15) is 9.59 Å². The van der Waals surface area contributed by atoms with Gasteiger partial charge in [0.1, 0.15) is 0 Å². The fraction of sp³-hybridized carbons (Fsp3) is 0. The van der Waals surface area contributed by atoms with Crippen molar-refractivity contribution in [3.05, 3.63) is 0 Å². The summed E-state index contributed by atoms with van der Waals surface area (Å²) < 4.78 is 0. The summed E-state index contributed by atoms with van der Waals surface area (Å²) in [6, 6.07) is 0. The topological polar surface area (TPSA) is 182 Å². The summed E-state index contributed by atoms with van der Waals surface area (Å²) >= 11 is 0. The van der Waals surface area contributed by atoms with E-state index >= 15 is 0 Å². The lowest BCUT2D eigenvalue weighted by atomic mass is 10.6. The first-order valence-corrected chi connectivity index (χ1v) is 3.24. The molecule has 0 fully saturated rings. The predicted octanol–water partition coefficient (Wildman–Crippen LogP) is -3.99. The van der Waals surface area contributed by atoms with Crippen molar-refractivity contribution in [3.8, 4) is 0 Å². The van der Waals surface area contributed by atoms with Gasteiger partial charge in [-0.2, -0.15) is 0 Å². The van der Waals surface area contributed by atoms with Gasteiger partial charge in [0.05, 0.1) is 0 Å². The van der Waals surface area contributed by atoms with Gasteiger partial charge in [-0.15, -0.1) is 0 Å². The molecule has 0 aromatic carbocycles. The van der Waals surface area contributed by atoms with Crippen LogP contribution in [0.2, 0.25) is 0 Å². The first-order valence-electron chi connectivity index (χ1n) is 3.24. The van der Waals surface area contributed by atoms with Crippen molar-refractivity contribution < 1.29 is 9.59 Å². The summed E-state index contributed by atoms with van der Waals surface area (Å²) in [6.07, 6.45) is 0. The molecule has 0 saturated carbocycles. The van der Waals surface area contributed by atoms with Crippen LogP contribution in [0.1, 0.15) is 0 Å². The zero-order valence-electron chi connectivity index (χ0n) is 6.97. The van der Waals surface area contributed by atoms with Crippen molar-refractivity contribution in [1.29, 1.82) is 10.8 Å². The third-order valence-electron chi connectivity index (χ3n) is 0.828. The van der Waals surface area contributed by atoms with Crippen LogP contribution in [0.25, 0.3) is 0 Å². The molecule has 0 aliphatic heterocycles. The fourth-order valence-corrected chi connectivity index (χ4v) is 0.362. The SMILES string of the molecule is N=C(N)NNC(=O)C(=O)NNC(=N)N. The molecular formula is C4H10N8O2. The van der Waals surface area contributed by atoms with Crippen LogP contribution in [0, 0.1) is 10.8 Å². The molecule has 0 aliphatic rings. The Morgan fingerprint density at radius 3 is 1.29 bits per heavy atom. The van der Waals surface area contributed by atoms with E-state index in [1.165, 1.54) is 0 Å². The first kappa shape index (κ1) is 11.5. The Morgan fingerprint density at radius 1 is 0.786 bits per heavy atom. The van der Waals surface area contributed by atoms with Crippen LogP contribution in [-0.4, -0.2) is 23.7 Å². The van der Waals surface area contributed by atoms with Crippen LogP contribution in [-0.2, 0) is 9.59 Å². The Labute approximate surface area is 78.3 Å². The van der Waals surface area contributed by atoms with Crippen LogP contribution in [0.3, 0.4) is 0 Å². The lowest BCUT2D eigenvalue weighted by molar-refractivity contribution is -0.139. The normalized spacial score (nSPS) is 8.29. The van der Waals surface area contributed by atoms with E-state index in [-0.39, 0.29) is 0 Å². The average molecular weight is 202 g/mol. The number of hydrogen-bond donors (Lipinski definition) is 8. The molecular weight excluding hydrogens is 192 g/mol. The number of carbonyl (C=O) groups excluding carboxylic acids is 2. The molecule has 0 aliphatic carbocycles. The van der Waals surface area contributed by atoms with E-state index in [2.05, 4.69) is 0 Å². The molecule has 0 radical (unpaired) electrons. The number of guanidine groups is 2. The van der Waals surface area contributed by atoms with Gasteiger partial charge in [-0.1, -0.05) is 0 Å². The van der Waals surface area contributed by atoms with Crippen LogP contribution < -0.4 is 33.2 Å². The number of rotatable bonds is 0. The van der Waals surface area contributed by atoms with E-state index in [0.717, 1.165) is 0 Å². The van der Waals surface area contributed by atoms with Gasteiger partial charge in [-0.05, 0) is 0 Å². The highest BCUT2D eigenvalue weighted by atomic mass is 16.2. The van der Waals surface area contributed by atoms with Crippen LogP contribution in [0.15, 0.2) is 0 Å². The molecule has 10 heteroatoms. The number of hydrazine groups is 2. The first-order chi connectivity index (χ1) is 6.43. The molecule has 0 aromatic rings. The van der Waals surface area contributed by atoms with E-state index in [1.807, 2.05) is 10.9 Å². The van der Waals surface area contributed by atoms with Gasteiger partial charge >= 0.3 is 11.8 Å². The van der Waals surface area contributed by atoms with Gasteiger partial charge < -0.3 is 11.5 Å². The molecule has 10 nitrogen and oxygen atoms in total. The summed E-state index contributed by atoms with van der Waals surface area (Å²) in [5, 5.41) is 13.3. The lowest BCUT2D eigenvalue weighted by Crippen LogP contribution is -2.54. The second-order valence-corrected chi connectivity index (χ2v) is 1.99. The molecule has 14 heavy (non-hydrogen) atoms. The van der Waals surface area contributed by atoms with Crippen LogP contribution in [0.5, 0.6) is 0 Å². The van der Waals surface area contributed by atoms with Gasteiger partial charge in [-0.25, -0.2) is 0 Å². The van der Waals surface area contributed by atoms with E-state index in [0.29, 0.717) is 0 Å². The van der Waals surface area contributed by atoms with Gasteiger partial charge in [0.15, 0.2) is 0 Å². The minimum atomic E-state index is -1.09. The Morgan fingerprint density at radius 2 is 1.07 bits per heavy atom. The van der Waals surface area contributed by atoms with Crippen molar-refractivity contribution in [3.63, 3.8) is 0 Å². The summed E-state index contributed by atoms with van der Waals surface area (Å²) in [4.78, 5) is 21.5. The third kappa shape index (κ3) is 5.17. The van der Waals surface area contributed by atoms with Crippen molar-refractivity contribution >= 4 is 23.7 Å². The van der Waals surface area contributed by atoms with E-state index in [4.69, 9.17) is 22.3 Å². The zero-order valence-corrected chi connectivity index (χ0v) is 6.97. The van der Waals surface area contributed by atoms with Crippen molar-refractivity contribution in [1.82, 2.24) is 21.7 Å². The third-order valence-corrected chi connectivity index (χ3v) is 0.828. The molecule has 0 spiro atoms. The molecule has 0 aromatic heterocycles. The van der Waals surface area contributed by atoms with Gasteiger partial charge in [0, 0.05) is 0 Å². The quantitative estimate of drug-likeness (QED) is 0.0856. The molecule has 0 unspecified atom stereocenters. The highest BCUT2D eigenvalue weighted by Gasteiger charge is 2.12. The number of hydrogen-bond acceptors (Lipinski definition) is 4. The van der Waals surface area contributed by atoms with Gasteiger partial charge in [-0.3, -0.25) is 42.1 Å². The summed E-state index contributed by atoms with van der Waals surface area (Å²) in [5.74, 6) is -3.22. The Kier molecular flexibility index (Phi) is 4.25. The maximum Gasteiger partial charge on any atom is 0.329 e. The molecule has 0 heterocycles. The molecule has 0 rings (SSSR count). The van der Waals surface area contributed by atoms with Crippen LogP contribution >= 0.6 is 0 Å². The highest BCUT2D eigenvalue weighted by molar-refractivity contribution is 6.35. The van der Waals surface area contributed by atoms with Crippen molar-refractivity contribution in [2.24, 2.45) is 11.5 Å². The molecule has 0 bridgehead atoms. The molecule has 10 N–H and O–H groups in total. The second-order valence-electron chi connectivity index (χ2n) is 1.99. The molecule has 0 atom stereocenters. The van der Waals surface area contributed by atoms with E-state index in [1.54, 1.807) is 10.9 Å². The smallest absolute Gasteiger partial charge is 0.329 e. The molecule has 78 valence electrons. The minimum absolute atomic E-state index is 0.523. The number of amides is 2. The summed E-state index contributed by atoms with van der Waals surface area (Å²) in [7, 11) is 0. The largest absolute Gasteiger partial charge is 0.369 e. The van der Waals surface area contributed by atoms with E-state index < -0.39 is 23.7 Å². The maximum atomic E-state index is 10.8. The second kappa shape index (κ2) is 5.18. The molecule has 2 amide bonds. The van der Waals surface area contributed by atoms with Gasteiger partial charge in [0.2, 0.25) is 11.9 Å². The predicted molar refractivity (Wildman–Crippen MR) is 46.4 cm³/mol. The Hall–Kier alpha value is -2.52. The highest BCUT2D eigenvalue weighted by Crippen LogP contribution is 1.62. The Balaban J connectivity index is 3.82. The van der Waals surface area contributed by atoms with Crippen molar-refractivity contribution in [2.45, 2.75) is 0 Å². The Bertz CT molecular complexity index is 245. The number of carbonyl (C=O) groups is 2. The maximum absolute atomic E-state index is 10.8. The standard InChI is InChI=1S/C4H10N8O2/c5-3(6)11-9-1(13)2(14)10-12-4(7)8/h(H,9,13)(H,10,14)(H4,5,6,11)(H4,7,8,12). The number of nitrogens with two attached hydrogens (primary N) is 2. The van der Waals surface area contributed by atoms with Crippen LogP contribution in [0.4, 0.5) is 0 Å². The van der Waals surface area contributed by atoms with Gasteiger partial charge in [0.25, 0.3) is 0 Å². The fourth-order valence-electron chi connectivity index (χ4n) is 0.362. The van der Waals surface area contributed by atoms with Crippen molar-refractivity contribution in [2.75, 3.05) is 0 Å². The summed E-state index contributed by atoms with van der Waals surface area (Å²) in [6.45, 7) is 0. The zero-order chi connectivity index (χ0) is 11.1. The molecule has 0 saturated heterocycles. The lowest BCUT2D eigenvalue weighted by Gasteiger charge is -2.07.